The monoisotopic (exact) mass is 573 g/mol. The fourth-order valence-electron chi connectivity index (χ4n) is 6.30. The number of hydrogen-bond donors (Lipinski definition) is 1. The van der Waals surface area contributed by atoms with E-state index in [1.165, 1.54) is 4.31 Å². The summed E-state index contributed by atoms with van der Waals surface area (Å²) in [5.74, 6) is 0.544. The van der Waals surface area contributed by atoms with E-state index in [4.69, 9.17) is 4.99 Å². The van der Waals surface area contributed by atoms with E-state index < -0.39 is 15.6 Å². The highest BCUT2D eigenvalue weighted by Gasteiger charge is 2.48. The molecule has 1 atom stereocenters. The first-order valence-electron chi connectivity index (χ1n) is 14.4. The molecule has 1 N–H and O–H groups in total. The Bertz CT molecular complexity index is 1580. The zero-order valence-electron chi connectivity index (χ0n) is 23.0. The van der Waals surface area contributed by atoms with Crippen molar-refractivity contribution in [3.63, 3.8) is 0 Å². The van der Waals surface area contributed by atoms with Crippen molar-refractivity contribution in [1.29, 1.82) is 0 Å². The van der Waals surface area contributed by atoms with E-state index in [1.54, 1.807) is 12.4 Å². The topological polar surface area (TPSA) is 112 Å². The molecule has 1 unspecified atom stereocenters. The van der Waals surface area contributed by atoms with Gasteiger partial charge in [-0.25, -0.2) is 12.7 Å². The van der Waals surface area contributed by atoms with Crippen molar-refractivity contribution in [2.24, 2.45) is 10.9 Å². The first-order valence-corrected chi connectivity index (χ1v) is 16.0. The number of benzene rings is 2. The van der Waals surface area contributed by atoms with E-state index in [0.29, 0.717) is 44.6 Å². The van der Waals surface area contributed by atoms with Crippen molar-refractivity contribution in [2.45, 2.75) is 44.1 Å². The molecule has 0 radical (unpaired) electrons. The minimum absolute atomic E-state index is 0.0279. The minimum Gasteiger partial charge on any atom is -0.342 e. The smallest absolute Gasteiger partial charge is 0.253 e. The zero-order valence-corrected chi connectivity index (χ0v) is 23.9. The molecule has 0 saturated carbocycles. The molecule has 41 heavy (non-hydrogen) atoms. The summed E-state index contributed by atoms with van der Waals surface area (Å²) in [6.45, 7) is 1.75. The normalized spacial score (nSPS) is 21.2. The molecule has 9 nitrogen and oxygen atoms in total. The number of aryl methyl sites for hydroxylation is 1. The summed E-state index contributed by atoms with van der Waals surface area (Å²) in [4.78, 5) is 36.9. The maximum Gasteiger partial charge on any atom is 0.253 e. The Balaban J connectivity index is 1.07. The Kier molecular flexibility index (Phi) is 7.61. The molecule has 6 rings (SSSR count). The number of rotatable bonds is 7. The van der Waals surface area contributed by atoms with Crippen LogP contribution in [0.2, 0.25) is 0 Å². The summed E-state index contributed by atoms with van der Waals surface area (Å²) in [6, 6.07) is 17.7. The molecule has 2 saturated heterocycles. The van der Waals surface area contributed by atoms with Crippen LogP contribution in [0.25, 0.3) is 10.8 Å². The van der Waals surface area contributed by atoms with Crippen LogP contribution in [0.1, 0.15) is 36.8 Å². The number of piperidine rings is 2. The molecule has 0 bridgehead atoms. The Morgan fingerprint density at radius 1 is 1.00 bits per heavy atom. The quantitative estimate of drug-likeness (QED) is 0.467. The Labute approximate surface area is 240 Å². The van der Waals surface area contributed by atoms with Crippen LogP contribution in [0.5, 0.6) is 0 Å². The molecule has 3 aliphatic rings. The number of hydrogen-bond acceptors (Lipinski definition) is 6. The summed E-state index contributed by atoms with van der Waals surface area (Å²) in [5.41, 5.74) is 1.02. The molecule has 2 aromatic carbocycles. The van der Waals surface area contributed by atoms with E-state index in [-0.39, 0.29) is 36.6 Å². The average Bonchev–Trinajstić information content (AvgIpc) is 3.31. The zero-order chi connectivity index (χ0) is 28.5. The predicted octanol–water partition coefficient (Wildman–Crippen LogP) is 2.95. The van der Waals surface area contributed by atoms with Crippen molar-refractivity contribution in [3.8, 4) is 0 Å². The fourth-order valence-corrected chi connectivity index (χ4v) is 7.78. The molecule has 2 amide bonds. The van der Waals surface area contributed by atoms with E-state index in [2.05, 4.69) is 10.3 Å². The number of sulfonamides is 1. The summed E-state index contributed by atoms with van der Waals surface area (Å²) < 4.78 is 28.1. The minimum atomic E-state index is -3.49. The highest BCUT2D eigenvalue weighted by atomic mass is 32.2. The second-order valence-corrected chi connectivity index (χ2v) is 13.4. The maximum atomic E-state index is 13.3. The summed E-state index contributed by atoms with van der Waals surface area (Å²) in [5, 5.41) is 5.18. The van der Waals surface area contributed by atoms with Gasteiger partial charge in [-0.05, 0) is 66.1 Å². The lowest BCUT2D eigenvalue weighted by Gasteiger charge is -2.35. The number of aliphatic imine (C=N–C) groups is 1. The van der Waals surface area contributed by atoms with E-state index in [1.807, 2.05) is 59.5 Å². The van der Waals surface area contributed by atoms with Crippen molar-refractivity contribution >= 4 is 38.4 Å². The van der Waals surface area contributed by atoms with Crippen molar-refractivity contribution < 1.29 is 18.0 Å². The van der Waals surface area contributed by atoms with Gasteiger partial charge in [-0.1, -0.05) is 42.5 Å². The molecule has 0 aliphatic carbocycles. The van der Waals surface area contributed by atoms with Gasteiger partial charge in [0.1, 0.15) is 11.4 Å². The van der Waals surface area contributed by atoms with E-state index in [0.717, 1.165) is 34.7 Å². The van der Waals surface area contributed by atoms with Crippen LogP contribution in [-0.4, -0.2) is 77.7 Å². The van der Waals surface area contributed by atoms with Gasteiger partial charge in [0.15, 0.2) is 0 Å². The second-order valence-electron chi connectivity index (χ2n) is 11.3. The number of nitrogens with one attached hydrogen (secondary N) is 1. The van der Waals surface area contributed by atoms with Gasteiger partial charge in [0.25, 0.3) is 5.91 Å². The maximum absolute atomic E-state index is 13.3. The second kappa shape index (κ2) is 11.3. The Morgan fingerprint density at radius 3 is 2.56 bits per heavy atom. The van der Waals surface area contributed by atoms with Crippen molar-refractivity contribution in [1.82, 2.24) is 19.5 Å². The van der Waals surface area contributed by atoms with E-state index >= 15 is 0 Å². The first-order chi connectivity index (χ1) is 19.8. The van der Waals surface area contributed by atoms with Crippen molar-refractivity contribution in [3.05, 3.63) is 78.1 Å². The van der Waals surface area contributed by atoms with Crippen LogP contribution in [-0.2, 0) is 32.5 Å². The molecule has 2 fully saturated rings. The molecular weight excluding hydrogens is 538 g/mol. The lowest BCUT2D eigenvalue weighted by Crippen LogP contribution is -2.51. The van der Waals surface area contributed by atoms with Crippen LogP contribution >= 0.6 is 0 Å². The summed E-state index contributed by atoms with van der Waals surface area (Å²) in [7, 11) is -3.49. The lowest BCUT2D eigenvalue weighted by molar-refractivity contribution is -0.131. The number of nitrogens with zero attached hydrogens (tertiary/aromatic N) is 4. The van der Waals surface area contributed by atoms with Crippen LogP contribution in [0.4, 0.5) is 0 Å². The fraction of sp³-hybridized carbons (Fsp3) is 0.419. The highest BCUT2D eigenvalue weighted by molar-refractivity contribution is 7.89. The number of carbonyl (C=O) groups excluding carboxylic acids is 2. The van der Waals surface area contributed by atoms with Gasteiger partial charge in [-0.3, -0.25) is 19.6 Å². The average molecular weight is 574 g/mol. The molecule has 1 aromatic heterocycles. The molecule has 3 aromatic rings. The first kappa shape index (κ1) is 27.5. The van der Waals surface area contributed by atoms with Gasteiger partial charge in [0, 0.05) is 44.5 Å². The van der Waals surface area contributed by atoms with Crippen LogP contribution < -0.4 is 5.32 Å². The molecular formula is C31H35N5O4S. The molecule has 3 aliphatic heterocycles. The number of amidine groups is 1. The number of amides is 2. The molecule has 214 valence electrons. The van der Waals surface area contributed by atoms with Crippen LogP contribution in [0, 0.1) is 5.92 Å². The molecule has 10 heteroatoms. The summed E-state index contributed by atoms with van der Waals surface area (Å²) >= 11 is 0. The van der Waals surface area contributed by atoms with Crippen LogP contribution in [0.15, 0.2) is 72.0 Å². The molecule has 4 heterocycles. The van der Waals surface area contributed by atoms with Gasteiger partial charge in [-0.2, -0.15) is 0 Å². The third-order valence-electron chi connectivity index (χ3n) is 8.72. The van der Waals surface area contributed by atoms with Crippen LogP contribution in [0.3, 0.4) is 0 Å². The third-order valence-corrected chi connectivity index (χ3v) is 10.6. The largest absolute Gasteiger partial charge is 0.342 e. The number of aromatic nitrogens is 1. The Hall–Kier alpha value is -3.63. The lowest BCUT2D eigenvalue weighted by atomic mass is 9.89. The highest BCUT2D eigenvalue weighted by Crippen LogP contribution is 2.34. The van der Waals surface area contributed by atoms with Gasteiger partial charge >= 0.3 is 0 Å². The van der Waals surface area contributed by atoms with E-state index in [9.17, 15) is 18.0 Å². The van der Waals surface area contributed by atoms with Gasteiger partial charge in [0.2, 0.25) is 15.9 Å². The van der Waals surface area contributed by atoms with Crippen molar-refractivity contribution in [2.75, 3.05) is 31.9 Å². The standard InChI is InChI=1S/C31H35N5O4S/c37-28(21-23-10-15-32-16-11-23)35-17-4-8-26(22-35)29-33-30(38)31(34-29)13-18-36(19-14-31)41(39,40)20-12-25-7-3-6-24-5-1-2-9-27(24)25/h1-3,5-7,9-11,15-16,26H,4,8,12-14,17-22H2,(H,33,34,38). The Morgan fingerprint density at radius 2 is 1.76 bits per heavy atom. The predicted molar refractivity (Wildman–Crippen MR) is 158 cm³/mol. The summed E-state index contributed by atoms with van der Waals surface area (Å²) in [6.07, 6.45) is 6.53. The number of likely N-dealkylation sites (tertiary alicyclic amines) is 1. The number of fused-ring (bicyclic) bond motifs is 1. The molecule has 1 spiro atoms. The SMILES string of the molecule is O=C(Cc1ccncc1)N1CCCC(C2=NC3(CCN(S(=O)(=O)CCc4cccc5ccccc45)CC3)C(=O)N2)C1. The third kappa shape index (κ3) is 5.76. The van der Waals surface area contributed by atoms with Gasteiger partial charge < -0.3 is 10.2 Å². The van der Waals surface area contributed by atoms with Gasteiger partial charge in [-0.15, -0.1) is 0 Å². The number of pyridine rings is 1. The van der Waals surface area contributed by atoms with Gasteiger partial charge in [0.05, 0.1) is 12.2 Å². The number of carbonyl (C=O) groups is 2.